The summed E-state index contributed by atoms with van der Waals surface area (Å²) in [5, 5.41) is 0. The Morgan fingerprint density at radius 2 is 1.95 bits per heavy atom. The Balaban J connectivity index is 2.52. The first kappa shape index (κ1) is 13.9. The first-order chi connectivity index (χ1) is 9.05. The third-order valence-electron chi connectivity index (χ3n) is 4.19. The first-order valence-electron chi connectivity index (χ1n) is 6.82. The molecule has 0 bridgehead atoms. The molecule has 1 aromatic rings. The molecule has 2 rings (SSSR count). The Morgan fingerprint density at radius 1 is 1.26 bits per heavy atom. The zero-order chi connectivity index (χ0) is 14.0. The van der Waals surface area contributed by atoms with Crippen molar-refractivity contribution in [3.63, 3.8) is 0 Å². The molecule has 0 amide bonds. The summed E-state index contributed by atoms with van der Waals surface area (Å²) in [7, 11) is 3.11. The molecule has 3 nitrogen and oxygen atoms in total. The molecule has 0 N–H and O–H groups in total. The maximum Gasteiger partial charge on any atom is 0.316 e. The topological polar surface area (TPSA) is 35.5 Å². The number of carbonyl (C=O) groups excluding carboxylic acids is 1. The minimum Gasteiger partial charge on any atom is -0.496 e. The van der Waals surface area contributed by atoms with Crippen molar-refractivity contribution in [2.45, 2.75) is 44.4 Å². The highest BCUT2D eigenvalue weighted by Gasteiger charge is 2.48. The average Bonchev–Trinajstić information content (AvgIpc) is 2.36. The van der Waals surface area contributed by atoms with E-state index in [1.807, 2.05) is 6.07 Å². The fraction of sp³-hybridized carbons (Fsp3) is 0.562. The summed E-state index contributed by atoms with van der Waals surface area (Å²) in [6.07, 6.45) is 2.75. The van der Waals surface area contributed by atoms with Crippen LogP contribution in [0.3, 0.4) is 0 Å². The van der Waals surface area contributed by atoms with Gasteiger partial charge in [-0.2, -0.15) is 0 Å². The van der Waals surface area contributed by atoms with Crippen LogP contribution < -0.4 is 4.74 Å². The van der Waals surface area contributed by atoms with E-state index in [0.717, 1.165) is 30.6 Å². The van der Waals surface area contributed by atoms with Crippen molar-refractivity contribution < 1.29 is 14.3 Å². The molecule has 3 heteroatoms. The molecule has 0 aliphatic heterocycles. The normalized spacial score (nSPS) is 16.9. The number of methoxy groups -OCH3 is 2. The fourth-order valence-electron chi connectivity index (χ4n) is 2.77. The van der Waals surface area contributed by atoms with Gasteiger partial charge in [0.15, 0.2) is 0 Å². The quantitative estimate of drug-likeness (QED) is 0.780. The zero-order valence-electron chi connectivity index (χ0n) is 12.2. The number of esters is 1. The van der Waals surface area contributed by atoms with E-state index in [1.165, 1.54) is 12.7 Å². The molecule has 0 spiro atoms. The monoisotopic (exact) mass is 262 g/mol. The van der Waals surface area contributed by atoms with Crippen molar-refractivity contribution in [3.8, 4) is 5.75 Å². The minimum absolute atomic E-state index is 0.141. The maximum atomic E-state index is 12.2. The van der Waals surface area contributed by atoms with Gasteiger partial charge < -0.3 is 9.47 Å². The Morgan fingerprint density at radius 3 is 2.37 bits per heavy atom. The van der Waals surface area contributed by atoms with Crippen molar-refractivity contribution in [1.82, 2.24) is 0 Å². The lowest BCUT2D eigenvalue weighted by atomic mass is 9.63. The van der Waals surface area contributed by atoms with E-state index in [-0.39, 0.29) is 5.97 Å². The number of ether oxygens (including phenoxy) is 2. The van der Waals surface area contributed by atoms with Gasteiger partial charge in [0.1, 0.15) is 5.75 Å². The third-order valence-corrected chi connectivity index (χ3v) is 4.19. The summed E-state index contributed by atoms with van der Waals surface area (Å²) in [6, 6.07) is 6.14. The number of rotatable bonds is 4. The number of hydrogen-bond acceptors (Lipinski definition) is 3. The van der Waals surface area contributed by atoms with E-state index >= 15 is 0 Å². The molecule has 0 aromatic heterocycles. The van der Waals surface area contributed by atoms with Crippen LogP contribution >= 0.6 is 0 Å². The van der Waals surface area contributed by atoms with Gasteiger partial charge in [-0.25, -0.2) is 0 Å². The number of benzene rings is 1. The molecule has 1 aromatic carbocycles. The summed E-state index contributed by atoms with van der Waals surface area (Å²) in [6.45, 7) is 4.30. The molecular weight excluding hydrogens is 240 g/mol. The van der Waals surface area contributed by atoms with Crippen LogP contribution in [-0.2, 0) is 14.9 Å². The summed E-state index contributed by atoms with van der Waals surface area (Å²) < 4.78 is 10.5. The summed E-state index contributed by atoms with van der Waals surface area (Å²) >= 11 is 0. The van der Waals surface area contributed by atoms with Crippen molar-refractivity contribution in [1.29, 1.82) is 0 Å². The zero-order valence-corrected chi connectivity index (χ0v) is 12.2. The van der Waals surface area contributed by atoms with Crippen LogP contribution in [-0.4, -0.2) is 20.2 Å². The predicted octanol–water partition coefficient (Wildman–Crippen LogP) is 3.41. The highest BCUT2D eigenvalue weighted by molar-refractivity contribution is 5.85. The molecule has 1 aliphatic rings. The second-order valence-corrected chi connectivity index (χ2v) is 5.54. The second-order valence-electron chi connectivity index (χ2n) is 5.54. The van der Waals surface area contributed by atoms with Gasteiger partial charge in [0.25, 0.3) is 0 Å². The van der Waals surface area contributed by atoms with E-state index < -0.39 is 5.41 Å². The van der Waals surface area contributed by atoms with E-state index in [0.29, 0.717) is 5.92 Å². The van der Waals surface area contributed by atoms with Crippen molar-refractivity contribution in [3.05, 3.63) is 29.3 Å². The van der Waals surface area contributed by atoms with Crippen molar-refractivity contribution >= 4 is 5.97 Å². The molecular formula is C16H22O3. The summed E-state index contributed by atoms with van der Waals surface area (Å²) in [5.41, 5.74) is 1.72. The second kappa shape index (κ2) is 5.24. The SMILES string of the molecule is COC(=O)C1(c2cc(C(C)C)ccc2OC)CCC1. The standard InChI is InChI=1S/C16H22O3/c1-11(2)12-6-7-14(18-3)13(10-12)16(8-5-9-16)15(17)19-4/h6-7,10-11H,5,8-9H2,1-4H3. The largest absolute Gasteiger partial charge is 0.496 e. The molecule has 104 valence electrons. The maximum absolute atomic E-state index is 12.2. The Hall–Kier alpha value is -1.51. The van der Waals surface area contributed by atoms with Crippen LogP contribution in [0.5, 0.6) is 5.75 Å². The first-order valence-corrected chi connectivity index (χ1v) is 6.82. The van der Waals surface area contributed by atoms with E-state index in [1.54, 1.807) is 7.11 Å². The summed E-state index contributed by atoms with van der Waals surface area (Å²) in [4.78, 5) is 12.2. The molecule has 19 heavy (non-hydrogen) atoms. The van der Waals surface area contributed by atoms with Gasteiger partial charge in [-0.05, 0) is 30.4 Å². The van der Waals surface area contributed by atoms with E-state index in [9.17, 15) is 4.79 Å². The molecule has 0 atom stereocenters. The van der Waals surface area contributed by atoms with Crippen LogP contribution in [0.4, 0.5) is 0 Å². The fourth-order valence-corrected chi connectivity index (χ4v) is 2.77. The van der Waals surface area contributed by atoms with Gasteiger partial charge in [0.05, 0.1) is 19.6 Å². The Bertz CT molecular complexity index is 473. The Kier molecular flexibility index (Phi) is 3.83. The van der Waals surface area contributed by atoms with Crippen LogP contribution in [0.2, 0.25) is 0 Å². The van der Waals surface area contributed by atoms with Crippen molar-refractivity contribution in [2.24, 2.45) is 0 Å². The van der Waals surface area contributed by atoms with Gasteiger partial charge in [-0.1, -0.05) is 32.4 Å². The summed E-state index contributed by atoms with van der Waals surface area (Å²) in [5.74, 6) is 1.08. The smallest absolute Gasteiger partial charge is 0.316 e. The highest BCUT2D eigenvalue weighted by Crippen LogP contribution is 2.48. The van der Waals surface area contributed by atoms with E-state index in [4.69, 9.17) is 9.47 Å². The van der Waals surface area contributed by atoms with Gasteiger partial charge in [-0.3, -0.25) is 4.79 Å². The average molecular weight is 262 g/mol. The lowest BCUT2D eigenvalue weighted by molar-refractivity contribution is -0.151. The molecule has 0 saturated heterocycles. The van der Waals surface area contributed by atoms with Crippen LogP contribution in [0.15, 0.2) is 18.2 Å². The molecule has 0 unspecified atom stereocenters. The molecule has 1 saturated carbocycles. The predicted molar refractivity (Wildman–Crippen MR) is 74.6 cm³/mol. The van der Waals surface area contributed by atoms with Gasteiger partial charge >= 0.3 is 5.97 Å². The van der Waals surface area contributed by atoms with Crippen LogP contribution in [0, 0.1) is 0 Å². The van der Waals surface area contributed by atoms with E-state index in [2.05, 4.69) is 26.0 Å². The van der Waals surface area contributed by atoms with Gasteiger partial charge in [0, 0.05) is 5.56 Å². The minimum atomic E-state index is -0.495. The molecule has 0 radical (unpaired) electrons. The molecule has 1 aliphatic carbocycles. The lowest BCUT2D eigenvalue weighted by Crippen LogP contribution is -2.43. The highest BCUT2D eigenvalue weighted by atomic mass is 16.5. The Labute approximate surface area is 114 Å². The molecule has 0 heterocycles. The molecule has 1 fully saturated rings. The number of hydrogen-bond donors (Lipinski definition) is 0. The van der Waals surface area contributed by atoms with Crippen LogP contribution in [0.25, 0.3) is 0 Å². The van der Waals surface area contributed by atoms with Gasteiger partial charge in [-0.15, -0.1) is 0 Å². The van der Waals surface area contributed by atoms with Crippen molar-refractivity contribution in [2.75, 3.05) is 14.2 Å². The van der Waals surface area contributed by atoms with Gasteiger partial charge in [0.2, 0.25) is 0 Å². The van der Waals surface area contributed by atoms with Crippen LogP contribution in [0.1, 0.15) is 50.2 Å². The third kappa shape index (κ3) is 2.22. The number of carbonyl (C=O) groups is 1. The lowest BCUT2D eigenvalue weighted by Gasteiger charge is -2.40.